The van der Waals surface area contributed by atoms with Crippen molar-refractivity contribution in [2.45, 2.75) is 76.1 Å². The molecule has 0 aromatic carbocycles. The molecule has 0 unspecified atom stereocenters. The van der Waals surface area contributed by atoms with Gasteiger partial charge >= 0.3 is 69.5 Å². The van der Waals surface area contributed by atoms with Gasteiger partial charge in [-0.3, -0.25) is 0 Å². The molecule has 0 aromatic rings. The molecule has 0 aliphatic rings. The molecule has 0 N–H and O–H groups in total. The molecular formula is C22H40O8Sn. The first-order valence-corrected chi connectivity index (χ1v) is 14.9. The molecule has 0 aromatic heterocycles. The number of carboxylic acid groups (broad SMARTS) is 2. The third kappa shape index (κ3) is 33.3. The molecule has 0 aliphatic carbocycles. The molecule has 0 heterocycles. The average molecular weight is 551 g/mol. The molecule has 0 saturated heterocycles. The Morgan fingerprint density at radius 2 is 0.935 bits per heavy atom. The van der Waals surface area contributed by atoms with E-state index in [1.165, 1.54) is 25.7 Å². The van der Waals surface area contributed by atoms with Gasteiger partial charge < -0.3 is 38.7 Å². The van der Waals surface area contributed by atoms with Gasteiger partial charge in [-0.2, -0.15) is 0 Å². The zero-order valence-electron chi connectivity index (χ0n) is 20.0. The minimum atomic E-state index is -1.32. The molecule has 8 nitrogen and oxygen atoms in total. The van der Waals surface area contributed by atoms with Gasteiger partial charge in [0, 0.05) is 12.2 Å². The van der Waals surface area contributed by atoms with Crippen molar-refractivity contribution in [2.24, 2.45) is 0 Å². The molecular weight excluding hydrogens is 511 g/mol. The maximum absolute atomic E-state index is 10.0. The van der Waals surface area contributed by atoms with Crippen LogP contribution in [0.1, 0.15) is 67.2 Å². The molecule has 0 bridgehead atoms. The van der Waals surface area contributed by atoms with Crippen LogP contribution in [-0.2, 0) is 28.5 Å². The molecule has 0 radical (unpaired) electrons. The summed E-state index contributed by atoms with van der Waals surface area (Å²) in [6.45, 7) is 13.0. The number of unbranched alkanes of at least 4 members (excludes halogenated alkanes) is 2. The fourth-order valence-corrected chi connectivity index (χ4v) is 5.90. The Balaban J connectivity index is -0.000000382. The van der Waals surface area contributed by atoms with E-state index in [0.29, 0.717) is 26.4 Å². The molecule has 31 heavy (non-hydrogen) atoms. The van der Waals surface area contributed by atoms with Crippen LogP contribution < -0.4 is 10.2 Å². The maximum atomic E-state index is 10.0. The standard InChI is InChI=1S/2C7H12O4.2C4H9.Sn/c2*1-3-10-7(11-4-2)5-6(8)9;2*1-3-4-2;/h2*5H,3-4H2,1-2H3,(H,8,9);2*1,3-4H2,2H3;/q;;;;+2/p-2. The Morgan fingerprint density at radius 1 is 0.645 bits per heavy atom. The number of carbonyl (C=O) groups excluding carboxylic acids is 2. The minimum Gasteiger partial charge on any atom is -0.545 e. The predicted molar refractivity (Wildman–Crippen MR) is 118 cm³/mol. The molecule has 0 saturated carbocycles. The largest absolute Gasteiger partial charge is 0.545 e. The van der Waals surface area contributed by atoms with Crippen molar-refractivity contribution in [3.63, 3.8) is 0 Å². The first-order valence-electron chi connectivity index (χ1n) is 10.9. The van der Waals surface area contributed by atoms with Gasteiger partial charge in [0.1, 0.15) is 0 Å². The fourth-order valence-electron chi connectivity index (χ4n) is 1.74. The summed E-state index contributed by atoms with van der Waals surface area (Å²) in [5.74, 6) is -2.64. The van der Waals surface area contributed by atoms with E-state index in [1.807, 2.05) is 0 Å². The number of hydrogen-bond donors (Lipinski definition) is 0. The van der Waals surface area contributed by atoms with Gasteiger partial charge in [0.05, 0.1) is 38.4 Å². The SMILES string of the molecule is CCC[CH2][Sn+2][CH2]CCC.CCOC(=CC(=O)[O-])OCC.CCOC(=CC(=O)[O-])OCC. The first kappa shape index (κ1) is 34.0. The van der Waals surface area contributed by atoms with Crippen LogP contribution >= 0.6 is 0 Å². The molecule has 0 amide bonds. The van der Waals surface area contributed by atoms with E-state index in [-0.39, 0.29) is 33.0 Å². The number of ether oxygens (including phenoxy) is 4. The zero-order chi connectivity index (χ0) is 24.3. The van der Waals surface area contributed by atoms with Crippen molar-refractivity contribution >= 4 is 33.1 Å². The molecule has 9 heteroatoms. The topological polar surface area (TPSA) is 117 Å². The van der Waals surface area contributed by atoms with Crippen molar-refractivity contribution < 1.29 is 38.7 Å². The van der Waals surface area contributed by atoms with Gasteiger partial charge in [-0.15, -0.1) is 0 Å². The summed E-state index contributed by atoms with van der Waals surface area (Å²) >= 11 is 0.149. The van der Waals surface area contributed by atoms with Crippen LogP contribution in [0.15, 0.2) is 24.0 Å². The zero-order valence-corrected chi connectivity index (χ0v) is 22.8. The molecule has 0 aliphatic heterocycles. The second-order valence-electron chi connectivity index (χ2n) is 5.75. The molecule has 0 rings (SSSR count). The number of aliphatic carboxylic acids is 2. The third-order valence-electron chi connectivity index (χ3n) is 3.03. The second kappa shape index (κ2) is 28.4. The van der Waals surface area contributed by atoms with Gasteiger partial charge in [-0.05, 0) is 27.7 Å². The molecule has 0 fully saturated rings. The minimum absolute atomic E-state index is 0.00463. The quantitative estimate of drug-likeness (QED) is 0.124. The van der Waals surface area contributed by atoms with E-state index in [1.54, 1.807) is 36.6 Å². The Hall–Kier alpha value is -1.58. The van der Waals surface area contributed by atoms with Crippen molar-refractivity contribution in [2.75, 3.05) is 26.4 Å². The van der Waals surface area contributed by atoms with E-state index < -0.39 is 11.9 Å². The summed E-state index contributed by atoms with van der Waals surface area (Å²) < 4.78 is 22.5. The molecule has 180 valence electrons. The summed E-state index contributed by atoms with van der Waals surface area (Å²) in [6, 6.07) is 0. The summed E-state index contributed by atoms with van der Waals surface area (Å²) in [5.41, 5.74) is 0. The van der Waals surface area contributed by atoms with Crippen LogP contribution in [0.2, 0.25) is 8.87 Å². The van der Waals surface area contributed by atoms with Gasteiger partial charge in [-0.25, -0.2) is 0 Å². The Kier molecular flexibility index (Phi) is 31.2. The number of hydrogen-bond acceptors (Lipinski definition) is 8. The van der Waals surface area contributed by atoms with Crippen molar-refractivity contribution in [1.29, 1.82) is 0 Å². The fraction of sp³-hybridized carbons (Fsp3) is 0.727. The molecule has 0 spiro atoms. The number of carboxylic acids is 2. The summed E-state index contributed by atoms with van der Waals surface area (Å²) in [7, 11) is 0. The van der Waals surface area contributed by atoms with Crippen LogP contribution in [0.25, 0.3) is 0 Å². The average Bonchev–Trinajstić information content (AvgIpc) is 2.69. The summed E-state index contributed by atoms with van der Waals surface area (Å²) in [4.78, 5) is 20.0. The van der Waals surface area contributed by atoms with E-state index in [9.17, 15) is 19.8 Å². The van der Waals surface area contributed by atoms with Crippen molar-refractivity contribution in [3.05, 3.63) is 24.0 Å². The van der Waals surface area contributed by atoms with Gasteiger partial charge in [0.15, 0.2) is 0 Å². The number of rotatable bonds is 16. The van der Waals surface area contributed by atoms with Crippen LogP contribution in [-0.4, -0.2) is 59.5 Å². The normalized spacial score (nSPS) is 8.71. The van der Waals surface area contributed by atoms with E-state index in [4.69, 9.17) is 18.9 Å². The summed E-state index contributed by atoms with van der Waals surface area (Å²) in [6.07, 6.45) is 7.41. The van der Waals surface area contributed by atoms with Crippen LogP contribution in [0.5, 0.6) is 0 Å². The number of carbonyl (C=O) groups is 2. The third-order valence-corrected chi connectivity index (χ3v) is 7.07. The van der Waals surface area contributed by atoms with E-state index >= 15 is 0 Å². The van der Waals surface area contributed by atoms with Crippen LogP contribution in [0.3, 0.4) is 0 Å². The monoisotopic (exact) mass is 552 g/mol. The second-order valence-corrected chi connectivity index (χ2v) is 10.0. The van der Waals surface area contributed by atoms with Gasteiger partial charge in [0.2, 0.25) is 0 Å². The Bertz CT molecular complexity index is 420. The summed E-state index contributed by atoms with van der Waals surface area (Å²) in [5, 5.41) is 20.0. The maximum Gasteiger partial charge on any atom is 0.280 e. The van der Waals surface area contributed by atoms with Crippen LogP contribution in [0, 0.1) is 0 Å². The van der Waals surface area contributed by atoms with E-state index in [2.05, 4.69) is 13.8 Å². The van der Waals surface area contributed by atoms with Crippen molar-refractivity contribution in [3.8, 4) is 0 Å². The van der Waals surface area contributed by atoms with Gasteiger partial charge in [-0.1, -0.05) is 0 Å². The smallest absolute Gasteiger partial charge is 0.280 e. The predicted octanol–water partition coefficient (Wildman–Crippen LogP) is 2.43. The Morgan fingerprint density at radius 3 is 1.13 bits per heavy atom. The van der Waals surface area contributed by atoms with E-state index in [0.717, 1.165) is 12.2 Å². The first-order chi connectivity index (χ1) is 14.8. The van der Waals surface area contributed by atoms with Gasteiger partial charge in [0.25, 0.3) is 11.9 Å². The Labute approximate surface area is 198 Å². The molecule has 0 atom stereocenters. The van der Waals surface area contributed by atoms with Crippen LogP contribution in [0.4, 0.5) is 0 Å². The van der Waals surface area contributed by atoms with Crippen molar-refractivity contribution in [1.82, 2.24) is 0 Å².